The summed E-state index contributed by atoms with van der Waals surface area (Å²) in [5.74, 6) is -0.000562. The van der Waals surface area contributed by atoms with Gasteiger partial charge in [-0.05, 0) is 55.2 Å². The highest BCUT2D eigenvalue weighted by molar-refractivity contribution is 6.39. The summed E-state index contributed by atoms with van der Waals surface area (Å²) in [5, 5.41) is -0.780. The predicted molar refractivity (Wildman–Crippen MR) is 170 cm³/mol. The number of hydrogen-bond donors (Lipinski definition) is 0. The summed E-state index contributed by atoms with van der Waals surface area (Å²) >= 11 is 62.5. The third kappa shape index (κ3) is 4.27. The standard InChI is InChI=1S/C30H27Cl9/c31-22-19(25(34)1-4-28(22,37)13-25)10-16-7-17(11-20-23(32)29(38)5-2-26(20,35)14-29)9-18(8-16)12-21-24(33)30(39)6-3-27(21,36)15-30/h1-9,19-24H,10-15H2. The molecule has 0 amide bonds. The predicted octanol–water partition coefficient (Wildman–Crippen LogP) is 9.77. The minimum absolute atomic E-state index is 0.000187. The minimum atomic E-state index is -0.601. The molecule has 0 saturated heterocycles. The summed E-state index contributed by atoms with van der Waals surface area (Å²) in [6, 6.07) is 6.72. The van der Waals surface area contributed by atoms with Gasteiger partial charge >= 0.3 is 0 Å². The summed E-state index contributed by atoms with van der Waals surface area (Å²) in [5.41, 5.74) is 3.47. The number of hydrogen-bond acceptors (Lipinski definition) is 0. The summed E-state index contributed by atoms with van der Waals surface area (Å²) in [7, 11) is 0. The molecule has 12 unspecified atom stereocenters. The van der Waals surface area contributed by atoms with Crippen LogP contribution in [-0.4, -0.2) is 45.4 Å². The van der Waals surface area contributed by atoms with Gasteiger partial charge < -0.3 is 0 Å². The van der Waals surface area contributed by atoms with E-state index in [-0.39, 0.29) is 33.9 Å². The fraction of sp³-hybridized carbons (Fsp3) is 0.600. The van der Waals surface area contributed by atoms with Gasteiger partial charge in [0.25, 0.3) is 0 Å². The van der Waals surface area contributed by atoms with Crippen LogP contribution in [0.1, 0.15) is 36.0 Å². The lowest BCUT2D eigenvalue weighted by Crippen LogP contribution is -2.36. The first kappa shape index (κ1) is 28.8. The van der Waals surface area contributed by atoms with Gasteiger partial charge in [-0.3, -0.25) is 0 Å². The smallest absolute Gasteiger partial charge is 0.0813 e. The van der Waals surface area contributed by atoms with Crippen molar-refractivity contribution in [2.45, 2.75) is 83.9 Å². The van der Waals surface area contributed by atoms with Gasteiger partial charge in [-0.15, -0.1) is 104 Å². The second-order valence-corrected chi connectivity index (χ2v) is 18.5. The van der Waals surface area contributed by atoms with Crippen LogP contribution < -0.4 is 0 Å². The molecule has 9 heteroatoms. The third-order valence-electron chi connectivity index (χ3n) is 10.3. The maximum absolute atomic E-state index is 7.07. The van der Waals surface area contributed by atoms with Crippen molar-refractivity contribution in [1.82, 2.24) is 0 Å². The second kappa shape index (κ2) is 9.05. The molecule has 3 saturated carbocycles. The van der Waals surface area contributed by atoms with Gasteiger partial charge in [-0.25, -0.2) is 0 Å². The van der Waals surface area contributed by atoms with Crippen LogP contribution in [-0.2, 0) is 19.3 Å². The van der Waals surface area contributed by atoms with Crippen LogP contribution in [0.5, 0.6) is 0 Å². The summed E-state index contributed by atoms with van der Waals surface area (Å²) in [6.45, 7) is 0. The van der Waals surface area contributed by atoms with Gasteiger partial charge in [0.15, 0.2) is 0 Å². The van der Waals surface area contributed by atoms with Crippen LogP contribution in [0.3, 0.4) is 0 Å². The van der Waals surface area contributed by atoms with Crippen molar-refractivity contribution in [3.63, 3.8) is 0 Å². The maximum atomic E-state index is 7.07. The van der Waals surface area contributed by atoms with Gasteiger partial charge in [0.2, 0.25) is 0 Å². The van der Waals surface area contributed by atoms with Crippen molar-refractivity contribution in [3.05, 3.63) is 71.3 Å². The Hall–Kier alpha value is 1.05. The van der Waals surface area contributed by atoms with E-state index in [9.17, 15) is 0 Å². The highest BCUT2D eigenvalue weighted by atomic mass is 35.5. The fourth-order valence-corrected chi connectivity index (χ4v) is 12.8. The molecular formula is C30H27Cl9. The average molecular weight is 707 g/mol. The van der Waals surface area contributed by atoms with Crippen LogP contribution in [0, 0.1) is 17.8 Å². The monoisotopic (exact) mass is 702 g/mol. The maximum Gasteiger partial charge on any atom is 0.0813 e. The lowest BCUT2D eigenvalue weighted by molar-refractivity contribution is 0.467. The fourth-order valence-electron chi connectivity index (χ4n) is 8.27. The lowest BCUT2D eigenvalue weighted by Gasteiger charge is -2.33. The Labute approximate surface area is 275 Å². The van der Waals surface area contributed by atoms with Crippen molar-refractivity contribution < 1.29 is 0 Å². The summed E-state index contributed by atoms with van der Waals surface area (Å²) in [4.78, 5) is -3.45. The molecule has 0 radical (unpaired) electrons. The second-order valence-electron chi connectivity index (χ2n) is 12.9. The molecule has 39 heavy (non-hydrogen) atoms. The normalized spacial score (nSPS) is 54.1. The Morgan fingerprint density at radius 1 is 0.436 bits per heavy atom. The Morgan fingerprint density at radius 3 is 0.872 bits per heavy atom. The van der Waals surface area contributed by atoms with Crippen molar-refractivity contribution in [2.24, 2.45) is 17.8 Å². The topological polar surface area (TPSA) is 0 Å². The van der Waals surface area contributed by atoms with E-state index in [0.29, 0.717) is 38.5 Å². The van der Waals surface area contributed by atoms with Gasteiger partial charge in [-0.2, -0.15) is 0 Å². The molecule has 6 aliphatic carbocycles. The molecule has 1 aromatic carbocycles. The van der Waals surface area contributed by atoms with E-state index in [2.05, 4.69) is 18.2 Å². The first-order chi connectivity index (χ1) is 18.1. The summed E-state index contributed by atoms with van der Waals surface area (Å²) < 4.78 is 0. The number of rotatable bonds is 6. The van der Waals surface area contributed by atoms with E-state index in [1.165, 1.54) is 0 Å². The third-order valence-corrected chi connectivity index (χ3v) is 15.8. The van der Waals surface area contributed by atoms with Gasteiger partial charge in [0.05, 0.1) is 45.4 Å². The van der Waals surface area contributed by atoms with Crippen LogP contribution in [0.15, 0.2) is 54.7 Å². The molecule has 0 aliphatic heterocycles. The number of halogens is 9. The van der Waals surface area contributed by atoms with E-state index in [0.717, 1.165) is 16.7 Å². The van der Waals surface area contributed by atoms with Gasteiger partial charge in [0, 0.05) is 17.8 Å². The number of fused-ring (bicyclic) bond motifs is 6. The van der Waals surface area contributed by atoms with Crippen LogP contribution in [0.25, 0.3) is 0 Å². The zero-order valence-electron chi connectivity index (χ0n) is 20.8. The molecular weight excluding hydrogens is 679 g/mol. The average Bonchev–Trinajstić information content (AvgIpc) is 3.60. The van der Waals surface area contributed by atoms with E-state index in [1.54, 1.807) is 0 Å². The molecule has 0 nitrogen and oxygen atoms in total. The van der Waals surface area contributed by atoms with E-state index in [1.807, 2.05) is 36.5 Å². The molecule has 12 atom stereocenters. The molecule has 0 heterocycles. The van der Waals surface area contributed by atoms with Crippen molar-refractivity contribution in [3.8, 4) is 0 Å². The lowest BCUT2D eigenvalue weighted by atomic mass is 9.81. The van der Waals surface area contributed by atoms with Crippen LogP contribution in [0.4, 0.5) is 0 Å². The van der Waals surface area contributed by atoms with Crippen LogP contribution in [0.2, 0.25) is 0 Å². The van der Waals surface area contributed by atoms with Gasteiger partial charge in [0.1, 0.15) is 0 Å². The Bertz CT molecular complexity index is 1160. The highest BCUT2D eigenvalue weighted by Crippen LogP contribution is 2.62. The first-order valence-corrected chi connectivity index (χ1v) is 17.0. The van der Waals surface area contributed by atoms with Crippen molar-refractivity contribution in [1.29, 1.82) is 0 Å². The van der Waals surface area contributed by atoms with E-state index in [4.69, 9.17) is 104 Å². The highest BCUT2D eigenvalue weighted by Gasteiger charge is 2.63. The van der Waals surface area contributed by atoms with Crippen molar-refractivity contribution in [2.75, 3.05) is 0 Å². The molecule has 210 valence electrons. The zero-order valence-corrected chi connectivity index (χ0v) is 27.6. The largest absolute Gasteiger partial charge is 0.120 e. The molecule has 6 bridgehead atoms. The minimum Gasteiger partial charge on any atom is -0.120 e. The Kier molecular flexibility index (Phi) is 6.68. The van der Waals surface area contributed by atoms with Crippen LogP contribution >= 0.6 is 104 Å². The molecule has 0 N–H and O–H groups in total. The first-order valence-electron chi connectivity index (χ1n) is 13.4. The molecule has 6 aliphatic rings. The Balaban J connectivity index is 1.22. The number of alkyl halides is 9. The number of allylic oxidation sites excluding steroid dienone is 6. The van der Waals surface area contributed by atoms with Crippen molar-refractivity contribution >= 4 is 104 Å². The van der Waals surface area contributed by atoms with E-state index >= 15 is 0 Å². The van der Waals surface area contributed by atoms with E-state index < -0.39 is 29.2 Å². The zero-order chi connectivity index (χ0) is 27.8. The molecule has 3 fully saturated rings. The SMILES string of the molecule is ClC1C(Cc2cc(CC3C(Cl)C4(Cl)C=CC3(Cl)C4)cc(CC3C(Cl)C4(Cl)C=CC3(Cl)C4)c2)C2(Cl)C=CC1(Cl)C2. The Morgan fingerprint density at radius 2 is 0.667 bits per heavy atom. The molecule has 0 aromatic heterocycles. The number of benzene rings is 1. The molecule has 7 rings (SSSR count). The quantitative estimate of drug-likeness (QED) is 0.204. The summed E-state index contributed by atoms with van der Waals surface area (Å²) in [6.07, 6.45) is 16.0. The molecule has 1 aromatic rings. The van der Waals surface area contributed by atoms with Gasteiger partial charge in [-0.1, -0.05) is 54.7 Å². The molecule has 0 spiro atoms.